The number of nitrogens with zero attached hydrogens (tertiary/aromatic N) is 1. The third-order valence-corrected chi connectivity index (χ3v) is 8.53. The first-order valence-corrected chi connectivity index (χ1v) is 10.7. The fourth-order valence-electron chi connectivity index (χ4n) is 7.04. The second-order valence-corrected chi connectivity index (χ2v) is 9.53. The molecule has 4 aliphatic rings. The number of hydrogen-bond donors (Lipinski definition) is 1. The summed E-state index contributed by atoms with van der Waals surface area (Å²) in [6.45, 7) is 4.69. The molecule has 3 saturated carbocycles. The van der Waals surface area contributed by atoms with Gasteiger partial charge in [-0.2, -0.15) is 0 Å². The quantitative estimate of drug-likeness (QED) is 0.886. The fourth-order valence-corrected chi connectivity index (χ4v) is 7.04. The summed E-state index contributed by atoms with van der Waals surface area (Å²) in [5.41, 5.74) is 7.03. The summed E-state index contributed by atoms with van der Waals surface area (Å²) in [5.74, 6) is 3.59. The number of hydrogen-bond acceptors (Lipinski definition) is 3. The van der Waals surface area contributed by atoms with Crippen LogP contribution in [0.25, 0.3) is 0 Å². The van der Waals surface area contributed by atoms with E-state index in [0.29, 0.717) is 17.4 Å². The lowest BCUT2D eigenvalue weighted by Crippen LogP contribution is -2.60. The molecule has 4 nitrogen and oxygen atoms in total. The van der Waals surface area contributed by atoms with E-state index in [9.17, 15) is 4.79 Å². The summed E-state index contributed by atoms with van der Waals surface area (Å²) in [6.07, 6.45) is 6.51. The first kappa shape index (κ1) is 17.7. The minimum atomic E-state index is -0.356. The van der Waals surface area contributed by atoms with Crippen LogP contribution in [-0.2, 0) is 10.3 Å². The van der Waals surface area contributed by atoms with Crippen molar-refractivity contribution in [2.45, 2.75) is 50.7 Å². The van der Waals surface area contributed by atoms with Crippen LogP contribution in [0, 0.1) is 29.6 Å². The smallest absolute Gasteiger partial charge is 0.248 e. The van der Waals surface area contributed by atoms with E-state index < -0.39 is 0 Å². The number of nitrogens with two attached hydrogens (primary N) is 1. The summed E-state index contributed by atoms with van der Waals surface area (Å²) in [7, 11) is 1.87. The van der Waals surface area contributed by atoms with E-state index in [2.05, 4.69) is 17.9 Å². The predicted molar refractivity (Wildman–Crippen MR) is 105 cm³/mol. The van der Waals surface area contributed by atoms with Gasteiger partial charge in [-0.1, -0.05) is 25.5 Å². The second-order valence-electron chi connectivity index (χ2n) is 9.53. The number of methoxy groups -OCH3 is 1. The molecular weight excluding hydrogens is 336 g/mol. The van der Waals surface area contributed by atoms with Crippen molar-refractivity contribution in [2.75, 3.05) is 20.2 Å². The van der Waals surface area contributed by atoms with Crippen LogP contribution in [0.15, 0.2) is 24.3 Å². The molecule has 2 N–H and O–H groups in total. The number of carbonyl (C=O) groups is 1. The van der Waals surface area contributed by atoms with Crippen molar-refractivity contribution in [3.63, 3.8) is 0 Å². The van der Waals surface area contributed by atoms with Gasteiger partial charge < -0.3 is 10.5 Å². The van der Waals surface area contributed by atoms with E-state index >= 15 is 0 Å². The monoisotopic (exact) mass is 368 g/mol. The summed E-state index contributed by atoms with van der Waals surface area (Å²) < 4.78 is 6.35. The van der Waals surface area contributed by atoms with Gasteiger partial charge in [0.1, 0.15) is 5.60 Å². The van der Waals surface area contributed by atoms with Crippen LogP contribution < -0.4 is 5.73 Å². The predicted octanol–water partition coefficient (Wildman–Crippen LogP) is 3.40. The summed E-state index contributed by atoms with van der Waals surface area (Å²) in [6, 6.07) is 8.69. The van der Waals surface area contributed by atoms with Crippen molar-refractivity contribution in [3.8, 4) is 0 Å². The molecule has 4 unspecified atom stereocenters. The molecule has 1 aromatic rings. The van der Waals surface area contributed by atoms with Crippen LogP contribution in [0.3, 0.4) is 0 Å². The molecule has 4 fully saturated rings. The Hall–Kier alpha value is -1.39. The van der Waals surface area contributed by atoms with Crippen LogP contribution in [0.2, 0.25) is 0 Å². The fraction of sp³-hybridized carbons (Fsp3) is 0.696. The van der Waals surface area contributed by atoms with Gasteiger partial charge in [0.15, 0.2) is 0 Å². The average molecular weight is 369 g/mol. The molecule has 1 heterocycles. The van der Waals surface area contributed by atoms with Crippen molar-refractivity contribution in [3.05, 3.63) is 35.4 Å². The Morgan fingerprint density at radius 1 is 1.19 bits per heavy atom. The number of benzene rings is 1. The summed E-state index contributed by atoms with van der Waals surface area (Å²) in [5, 5.41) is 0. The zero-order valence-corrected chi connectivity index (χ0v) is 16.6. The van der Waals surface area contributed by atoms with Gasteiger partial charge in [-0.05, 0) is 61.1 Å². The number of primary amides is 1. The third-order valence-electron chi connectivity index (χ3n) is 8.53. The van der Waals surface area contributed by atoms with Crippen molar-refractivity contribution >= 4 is 5.91 Å². The van der Waals surface area contributed by atoms with Gasteiger partial charge >= 0.3 is 0 Å². The summed E-state index contributed by atoms with van der Waals surface area (Å²) >= 11 is 0. The van der Waals surface area contributed by atoms with Crippen LogP contribution in [0.5, 0.6) is 0 Å². The van der Waals surface area contributed by atoms with Crippen molar-refractivity contribution in [2.24, 2.45) is 35.3 Å². The number of fused-ring (bicyclic) bond motifs is 3. The van der Waals surface area contributed by atoms with Crippen molar-refractivity contribution in [1.29, 1.82) is 0 Å². The van der Waals surface area contributed by atoms with E-state index in [4.69, 9.17) is 10.5 Å². The minimum Gasteiger partial charge on any atom is -0.373 e. The number of likely N-dealkylation sites (tertiary alicyclic amines) is 1. The van der Waals surface area contributed by atoms with Crippen LogP contribution in [-0.4, -0.2) is 37.0 Å². The molecule has 3 aliphatic carbocycles. The maximum absolute atomic E-state index is 11.7. The Morgan fingerprint density at radius 3 is 2.44 bits per heavy atom. The highest BCUT2D eigenvalue weighted by Crippen LogP contribution is 2.59. The molecule has 1 amide bonds. The Labute approximate surface area is 162 Å². The molecule has 146 valence electrons. The molecule has 1 aromatic carbocycles. The molecule has 5 rings (SSSR count). The van der Waals surface area contributed by atoms with E-state index in [1.54, 1.807) is 0 Å². The van der Waals surface area contributed by atoms with Crippen LogP contribution in [0.1, 0.15) is 54.9 Å². The Kier molecular flexibility index (Phi) is 4.14. The Bertz CT molecular complexity index is 722. The second kappa shape index (κ2) is 6.31. The normalized spacial score (nSPS) is 43.3. The Balaban J connectivity index is 1.44. The standard InChI is InChI=1S/C23H32N2O2/c1-14-20-10-19(11-21(14)20)25-12-17-7-4-8-18(13-25)23(17,27-2)16-6-3-5-15(9-16)22(24)26/h3,5-6,9,14,17-21H,4,7-8,10-13H2,1-2H3,(H2,24,26)/t14?,17?,18?,19?,20-,21+,23?. The van der Waals surface area contributed by atoms with Crippen LogP contribution >= 0.6 is 0 Å². The maximum atomic E-state index is 11.7. The number of amides is 1. The first-order chi connectivity index (χ1) is 13.0. The lowest BCUT2D eigenvalue weighted by Gasteiger charge is -2.56. The maximum Gasteiger partial charge on any atom is 0.248 e. The molecule has 6 atom stereocenters. The average Bonchev–Trinajstić information content (AvgIpc) is 3.06. The van der Waals surface area contributed by atoms with Crippen molar-refractivity contribution < 1.29 is 9.53 Å². The molecule has 1 aliphatic heterocycles. The molecule has 27 heavy (non-hydrogen) atoms. The SMILES string of the molecule is COC1(c2cccc(C(N)=O)c2)C2CCCC1CN(C1C[C@@H]3C(C)[C@@H]3C1)C2. The molecule has 0 radical (unpaired) electrons. The van der Waals surface area contributed by atoms with Gasteiger partial charge in [-0.3, -0.25) is 9.69 Å². The highest BCUT2D eigenvalue weighted by atomic mass is 16.5. The lowest BCUT2D eigenvalue weighted by atomic mass is 9.62. The molecule has 2 bridgehead atoms. The van der Waals surface area contributed by atoms with Gasteiger partial charge in [0.05, 0.1) is 0 Å². The van der Waals surface area contributed by atoms with E-state index in [0.717, 1.165) is 42.4 Å². The van der Waals surface area contributed by atoms with Gasteiger partial charge in [-0.25, -0.2) is 0 Å². The zero-order valence-electron chi connectivity index (χ0n) is 16.6. The third kappa shape index (κ3) is 2.60. The lowest BCUT2D eigenvalue weighted by molar-refractivity contribution is -0.174. The van der Waals surface area contributed by atoms with Gasteiger partial charge in [0.25, 0.3) is 0 Å². The molecule has 0 spiro atoms. The molecule has 1 saturated heterocycles. The van der Waals surface area contributed by atoms with E-state index in [-0.39, 0.29) is 11.5 Å². The minimum absolute atomic E-state index is 0.269. The van der Waals surface area contributed by atoms with Gasteiger partial charge in [-0.15, -0.1) is 0 Å². The summed E-state index contributed by atoms with van der Waals surface area (Å²) in [4.78, 5) is 14.5. The molecule has 0 aromatic heterocycles. The van der Waals surface area contributed by atoms with E-state index in [1.165, 1.54) is 32.1 Å². The number of rotatable bonds is 4. The van der Waals surface area contributed by atoms with E-state index in [1.807, 2.05) is 25.3 Å². The number of ether oxygens (including phenoxy) is 1. The van der Waals surface area contributed by atoms with Gasteiger partial charge in [0, 0.05) is 43.6 Å². The highest BCUT2D eigenvalue weighted by Gasteiger charge is 2.58. The van der Waals surface area contributed by atoms with Crippen LogP contribution in [0.4, 0.5) is 0 Å². The number of carbonyl (C=O) groups excluding carboxylic acids is 1. The van der Waals surface area contributed by atoms with Crippen molar-refractivity contribution in [1.82, 2.24) is 4.90 Å². The first-order valence-electron chi connectivity index (χ1n) is 10.7. The topological polar surface area (TPSA) is 55.6 Å². The van der Waals surface area contributed by atoms with Gasteiger partial charge in [0.2, 0.25) is 5.91 Å². The molecular formula is C23H32N2O2. The molecule has 4 heteroatoms. The Morgan fingerprint density at radius 2 is 1.85 bits per heavy atom. The largest absolute Gasteiger partial charge is 0.373 e. The number of piperidine rings is 1. The zero-order chi connectivity index (χ0) is 18.8. The highest BCUT2D eigenvalue weighted by molar-refractivity contribution is 5.92.